The van der Waals surface area contributed by atoms with Gasteiger partial charge in [0.1, 0.15) is 6.10 Å². The van der Waals surface area contributed by atoms with Crippen molar-refractivity contribution in [1.29, 1.82) is 0 Å². The van der Waals surface area contributed by atoms with E-state index in [1.807, 2.05) is 6.92 Å². The van der Waals surface area contributed by atoms with Gasteiger partial charge in [0.05, 0.1) is 13.2 Å². The number of aliphatic hydroxyl groups excluding tert-OH is 1. The van der Waals surface area contributed by atoms with Gasteiger partial charge in [-0.1, -0.05) is 26.7 Å². The zero-order chi connectivity index (χ0) is 10.6. The van der Waals surface area contributed by atoms with Crippen LogP contribution in [-0.4, -0.2) is 30.2 Å². The second-order valence-electron chi connectivity index (χ2n) is 4.29. The first-order chi connectivity index (χ1) is 6.62. The molecule has 1 rings (SSSR count). The van der Waals surface area contributed by atoms with Crippen LogP contribution in [0.15, 0.2) is 0 Å². The highest BCUT2D eigenvalue weighted by Crippen LogP contribution is 2.33. The maximum atomic E-state index is 8.95. The maximum Gasteiger partial charge on any atom is 0.168 e. The molecular weight excluding hydrogens is 180 g/mol. The minimum absolute atomic E-state index is 0.0517. The Morgan fingerprint density at radius 2 is 2.29 bits per heavy atom. The second-order valence-corrected chi connectivity index (χ2v) is 4.29. The lowest BCUT2D eigenvalue weighted by Crippen LogP contribution is -2.35. The largest absolute Gasteiger partial charge is 0.394 e. The van der Waals surface area contributed by atoms with E-state index >= 15 is 0 Å². The highest BCUT2D eigenvalue weighted by molar-refractivity contribution is 4.79. The molecule has 14 heavy (non-hydrogen) atoms. The Balaban J connectivity index is 2.41. The van der Waals surface area contributed by atoms with Crippen LogP contribution in [0.25, 0.3) is 0 Å². The molecule has 0 amide bonds. The summed E-state index contributed by atoms with van der Waals surface area (Å²) in [4.78, 5) is 0. The van der Waals surface area contributed by atoms with Gasteiger partial charge in [-0.25, -0.2) is 0 Å². The van der Waals surface area contributed by atoms with Crippen LogP contribution in [0, 0.1) is 5.92 Å². The van der Waals surface area contributed by atoms with E-state index in [0.29, 0.717) is 12.5 Å². The summed E-state index contributed by atoms with van der Waals surface area (Å²) in [5.41, 5.74) is 0. The molecule has 1 fully saturated rings. The number of rotatable bonds is 5. The molecule has 1 saturated heterocycles. The third kappa shape index (κ3) is 2.69. The van der Waals surface area contributed by atoms with Gasteiger partial charge in [-0.05, 0) is 13.3 Å². The van der Waals surface area contributed by atoms with Gasteiger partial charge < -0.3 is 14.6 Å². The minimum Gasteiger partial charge on any atom is -0.394 e. The van der Waals surface area contributed by atoms with Crippen LogP contribution < -0.4 is 0 Å². The molecule has 1 heterocycles. The zero-order valence-corrected chi connectivity index (χ0v) is 9.45. The van der Waals surface area contributed by atoms with Gasteiger partial charge in [-0.2, -0.15) is 0 Å². The van der Waals surface area contributed by atoms with Crippen LogP contribution in [0.5, 0.6) is 0 Å². The van der Waals surface area contributed by atoms with Crippen LogP contribution >= 0.6 is 0 Å². The zero-order valence-electron chi connectivity index (χ0n) is 9.45. The fourth-order valence-corrected chi connectivity index (χ4v) is 1.78. The SMILES string of the molecule is CCCCC(C)C1(C)OCC(CO)O1. The van der Waals surface area contributed by atoms with E-state index in [9.17, 15) is 0 Å². The van der Waals surface area contributed by atoms with E-state index in [2.05, 4.69) is 13.8 Å². The lowest BCUT2D eigenvalue weighted by Gasteiger charge is -2.30. The van der Waals surface area contributed by atoms with Gasteiger partial charge in [-0.15, -0.1) is 0 Å². The van der Waals surface area contributed by atoms with E-state index in [-0.39, 0.29) is 12.7 Å². The van der Waals surface area contributed by atoms with Crippen molar-refractivity contribution in [3.05, 3.63) is 0 Å². The van der Waals surface area contributed by atoms with Gasteiger partial charge in [0.25, 0.3) is 0 Å². The molecule has 0 aromatic carbocycles. The highest BCUT2D eigenvalue weighted by atomic mass is 16.7. The van der Waals surface area contributed by atoms with Crippen molar-refractivity contribution in [3.8, 4) is 0 Å². The minimum atomic E-state index is -0.484. The van der Waals surface area contributed by atoms with E-state index in [1.165, 1.54) is 12.8 Å². The number of aliphatic hydroxyl groups is 1. The van der Waals surface area contributed by atoms with Crippen molar-refractivity contribution in [1.82, 2.24) is 0 Å². The standard InChI is InChI=1S/C11H22O3/c1-4-5-6-9(2)11(3)13-8-10(7-12)14-11/h9-10,12H,4-8H2,1-3H3. The smallest absolute Gasteiger partial charge is 0.168 e. The summed E-state index contributed by atoms with van der Waals surface area (Å²) in [7, 11) is 0. The summed E-state index contributed by atoms with van der Waals surface area (Å²) in [5.74, 6) is -0.0956. The Bertz CT molecular complexity index is 172. The van der Waals surface area contributed by atoms with E-state index in [1.54, 1.807) is 0 Å². The first-order valence-electron chi connectivity index (χ1n) is 5.55. The van der Waals surface area contributed by atoms with Crippen molar-refractivity contribution >= 4 is 0 Å². The molecule has 0 bridgehead atoms. The van der Waals surface area contributed by atoms with Crippen LogP contribution in [0.2, 0.25) is 0 Å². The van der Waals surface area contributed by atoms with Crippen molar-refractivity contribution < 1.29 is 14.6 Å². The van der Waals surface area contributed by atoms with Crippen molar-refractivity contribution in [2.45, 2.75) is 51.9 Å². The number of hydrogen-bond acceptors (Lipinski definition) is 3. The van der Waals surface area contributed by atoms with Crippen LogP contribution in [0.1, 0.15) is 40.0 Å². The first kappa shape index (κ1) is 12.0. The molecule has 84 valence electrons. The highest BCUT2D eigenvalue weighted by Gasteiger charge is 2.40. The average molecular weight is 202 g/mol. The Kier molecular flexibility index (Phi) is 4.35. The molecule has 1 N–H and O–H groups in total. The van der Waals surface area contributed by atoms with Crippen LogP contribution in [0.4, 0.5) is 0 Å². The van der Waals surface area contributed by atoms with E-state index in [0.717, 1.165) is 6.42 Å². The molecule has 0 spiro atoms. The quantitative estimate of drug-likeness (QED) is 0.740. The van der Waals surface area contributed by atoms with Crippen molar-refractivity contribution in [2.24, 2.45) is 5.92 Å². The normalized spacial score (nSPS) is 34.7. The molecule has 3 nitrogen and oxygen atoms in total. The molecule has 3 unspecified atom stereocenters. The third-order valence-corrected chi connectivity index (χ3v) is 3.05. The predicted molar refractivity (Wildman–Crippen MR) is 55.0 cm³/mol. The monoisotopic (exact) mass is 202 g/mol. The lowest BCUT2D eigenvalue weighted by molar-refractivity contribution is -0.191. The van der Waals surface area contributed by atoms with Crippen LogP contribution in [-0.2, 0) is 9.47 Å². The summed E-state index contributed by atoms with van der Waals surface area (Å²) in [6.45, 7) is 6.87. The number of unbranched alkanes of at least 4 members (excludes halogenated alkanes) is 1. The number of hydrogen-bond donors (Lipinski definition) is 1. The molecule has 0 aromatic rings. The van der Waals surface area contributed by atoms with Crippen molar-refractivity contribution in [2.75, 3.05) is 13.2 Å². The van der Waals surface area contributed by atoms with Crippen molar-refractivity contribution in [3.63, 3.8) is 0 Å². The van der Waals surface area contributed by atoms with Gasteiger partial charge in [-0.3, -0.25) is 0 Å². The Morgan fingerprint density at radius 3 is 2.79 bits per heavy atom. The Hall–Kier alpha value is -0.120. The first-order valence-corrected chi connectivity index (χ1v) is 5.55. The summed E-state index contributed by atoms with van der Waals surface area (Å²) in [6.07, 6.45) is 3.38. The molecular formula is C11H22O3. The summed E-state index contributed by atoms with van der Waals surface area (Å²) < 4.78 is 11.3. The predicted octanol–water partition coefficient (Wildman–Crippen LogP) is 1.94. The Morgan fingerprint density at radius 1 is 1.57 bits per heavy atom. The molecule has 0 radical (unpaired) electrons. The number of ether oxygens (including phenoxy) is 2. The third-order valence-electron chi connectivity index (χ3n) is 3.05. The molecule has 1 aliphatic heterocycles. The van der Waals surface area contributed by atoms with Crippen LogP contribution in [0.3, 0.4) is 0 Å². The fraction of sp³-hybridized carbons (Fsp3) is 1.00. The molecule has 0 aliphatic carbocycles. The van der Waals surface area contributed by atoms with Gasteiger partial charge in [0.15, 0.2) is 5.79 Å². The topological polar surface area (TPSA) is 38.7 Å². The molecule has 3 atom stereocenters. The van der Waals surface area contributed by atoms with E-state index in [4.69, 9.17) is 14.6 Å². The van der Waals surface area contributed by atoms with E-state index < -0.39 is 5.79 Å². The van der Waals surface area contributed by atoms with Gasteiger partial charge in [0.2, 0.25) is 0 Å². The summed E-state index contributed by atoms with van der Waals surface area (Å²) in [6, 6.07) is 0. The molecule has 3 heteroatoms. The molecule has 1 aliphatic rings. The average Bonchev–Trinajstić information content (AvgIpc) is 2.58. The molecule has 0 saturated carbocycles. The second kappa shape index (κ2) is 5.10. The maximum absolute atomic E-state index is 8.95. The molecule has 0 aromatic heterocycles. The Labute approximate surface area is 86.4 Å². The summed E-state index contributed by atoms with van der Waals surface area (Å²) in [5, 5.41) is 8.95. The summed E-state index contributed by atoms with van der Waals surface area (Å²) >= 11 is 0. The lowest BCUT2D eigenvalue weighted by atomic mass is 9.96. The van der Waals surface area contributed by atoms with Gasteiger partial charge >= 0.3 is 0 Å². The fourth-order valence-electron chi connectivity index (χ4n) is 1.78. The van der Waals surface area contributed by atoms with Gasteiger partial charge in [0, 0.05) is 5.92 Å².